The summed E-state index contributed by atoms with van der Waals surface area (Å²) in [6.07, 6.45) is 4.79. The first kappa shape index (κ1) is 6.79. The van der Waals surface area contributed by atoms with Crippen molar-refractivity contribution >= 4 is 21.4 Å². The molecule has 0 bridgehead atoms. The molecular weight excluding hydrogens is 211 g/mol. The molecule has 0 unspecified atom stereocenters. The van der Waals surface area contributed by atoms with Crippen molar-refractivity contribution in [2.45, 2.75) is 0 Å². The second kappa shape index (κ2) is 2.30. The summed E-state index contributed by atoms with van der Waals surface area (Å²) in [5, 5.41) is 0. The quantitative estimate of drug-likeness (QED) is 0.658. The van der Waals surface area contributed by atoms with E-state index < -0.39 is 0 Å². The van der Waals surface area contributed by atoms with Crippen LogP contribution in [0.1, 0.15) is 0 Å². The maximum absolute atomic E-state index is 13.1. The average molecular weight is 215 g/mol. The predicted octanol–water partition coefficient (Wildman–Crippen LogP) is 2.24. The number of hydrogen-bond donors (Lipinski definition) is 0. The number of nitrogens with zero attached hydrogens (tertiary/aromatic N) is 2. The van der Waals surface area contributed by atoms with Crippen LogP contribution >= 0.6 is 15.9 Å². The second-order valence-electron chi connectivity index (χ2n) is 2.16. The molecule has 11 heavy (non-hydrogen) atoms. The van der Waals surface area contributed by atoms with Gasteiger partial charge in [-0.2, -0.15) is 0 Å². The Bertz CT molecular complexity index is 396. The van der Waals surface area contributed by atoms with E-state index in [1.165, 1.54) is 6.20 Å². The third kappa shape index (κ3) is 0.939. The van der Waals surface area contributed by atoms with Gasteiger partial charge in [0.15, 0.2) is 5.82 Å². The largest absolute Gasteiger partial charge is 0.304 e. The number of hydrogen-bond acceptors (Lipinski definition) is 1. The Balaban J connectivity index is 2.93. The molecule has 0 atom stereocenters. The molecule has 2 nitrogen and oxygen atoms in total. The third-order valence-electron chi connectivity index (χ3n) is 1.48. The van der Waals surface area contributed by atoms with Crippen molar-refractivity contribution in [1.29, 1.82) is 0 Å². The van der Waals surface area contributed by atoms with E-state index in [2.05, 4.69) is 20.9 Å². The third-order valence-corrected chi connectivity index (χ3v) is 2.09. The van der Waals surface area contributed by atoms with Crippen LogP contribution in [0, 0.1) is 5.82 Å². The fourth-order valence-corrected chi connectivity index (χ4v) is 1.26. The Hall–Kier alpha value is -0.900. The van der Waals surface area contributed by atoms with Crippen LogP contribution in [-0.2, 0) is 0 Å². The molecule has 0 saturated carbocycles. The molecule has 0 spiro atoms. The van der Waals surface area contributed by atoms with E-state index in [0.717, 1.165) is 0 Å². The topological polar surface area (TPSA) is 17.3 Å². The maximum Gasteiger partial charge on any atom is 0.163 e. The SMILES string of the molecule is Fc1c(Br)ccn2cncc12. The first-order chi connectivity index (χ1) is 5.29. The molecule has 0 aliphatic heterocycles. The Morgan fingerprint density at radius 2 is 2.36 bits per heavy atom. The fourth-order valence-electron chi connectivity index (χ4n) is 0.935. The lowest BCUT2D eigenvalue weighted by Gasteiger charge is -1.95. The standard InChI is InChI=1S/C7H4BrFN2/c8-5-1-2-11-4-10-3-6(11)7(5)9/h1-4H. The summed E-state index contributed by atoms with van der Waals surface area (Å²) in [7, 11) is 0. The van der Waals surface area contributed by atoms with Crippen LogP contribution in [0.15, 0.2) is 29.3 Å². The molecule has 2 heterocycles. The zero-order valence-corrected chi connectivity index (χ0v) is 7.05. The monoisotopic (exact) mass is 214 g/mol. The van der Waals surface area contributed by atoms with Crippen molar-refractivity contribution in [3.05, 3.63) is 35.1 Å². The van der Waals surface area contributed by atoms with Gasteiger partial charge in [0.1, 0.15) is 5.52 Å². The van der Waals surface area contributed by atoms with Gasteiger partial charge in [0.25, 0.3) is 0 Å². The smallest absolute Gasteiger partial charge is 0.163 e. The highest BCUT2D eigenvalue weighted by Gasteiger charge is 2.03. The minimum atomic E-state index is -0.273. The fraction of sp³-hybridized carbons (Fsp3) is 0. The molecule has 0 amide bonds. The van der Waals surface area contributed by atoms with Gasteiger partial charge in [-0.25, -0.2) is 9.37 Å². The molecule has 0 radical (unpaired) electrons. The number of aromatic nitrogens is 2. The average Bonchev–Trinajstić information content (AvgIpc) is 2.45. The van der Waals surface area contributed by atoms with Crippen LogP contribution in [0.5, 0.6) is 0 Å². The van der Waals surface area contributed by atoms with Crippen molar-refractivity contribution in [3.8, 4) is 0 Å². The van der Waals surface area contributed by atoms with Crippen LogP contribution in [-0.4, -0.2) is 9.38 Å². The summed E-state index contributed by atoms with van der Waals surface area (Å²) in [4.78, 5) is 3.81. The highest BCUT2D eigenvalue weighted by molar-refractivity contribution is 9.10. The zero-order chi connectivity index (χ0) is 7.84. The van der Waals surface area contributed by atoms with Gasteiger partial charge in [0.2, 0.25) is 0 Å². The van der Waals surface area contributed by atoms with Gasteiger partial charge in [-0.3, -0.25) is 0 Å². The van der Waals surface area contributed by atoms with Gasteiger partial charge in [0.05, 0.1) is 17.0 Å². The number of rotatable bonds is 0. The molecule has 0 N–H and O–H groups in total. The van der Waals surface area contributed by atoms with Crippen LogP contribution < -0.4 is 0 Å². The molecule has 0 fully saturated rings. The normalized spacial score (nSPS) is 10.7. The Morgan fingerprint density at radius 1 is 1.55 bits per heavy atom. The van der Waals surface area contributed by atoms with Crippen molar-refractivity contribution in [3.63, 3.8) is 0 Å². The lowest BCUT2D eigenvalue weighted by atomic mass is 10.4. The Kier molecular flexibility index (Phi) is 1.42. The van der Waals surface area contributed by atoms with E-state index in [0.29, 0.717) is 9.99 Å². The van der Waals surface area contributed by atoms with E-state index in [1.54, 1.807) is 23.0 Å². The molecule has 2 rings (SSSR count). The van der Waals surface area contributed by atoms with Crippen molar-refractivity contribution in [1.82, 2.24) is 9.38 Å². The minimum Gasteiger partial charge on any atom is -0.304 e. The van der Waals surface area contributed by atoms with Gasteiger partial charge in [-0.1, -0.05) is 0 Å². The van der Waals surface area contributed by atoms with E-state index in [4.69, 9.17) is 0 Å². The van der Waals surface area contributed by atoms with E-state index in [-0.39, 0.29) is 5.82 Å². The van der Waals surface area contributed by atoms with E-state index in [9.17, 15) is 4.39 Å². The maximum atomic E-state index is 13.1. The molecule has 0 aliphatic rings. The molecule has 56 valence electrons. The van der Waals surface area contributed by atoms with Crippen LogP contribution in [0.4, 0.5) is 4.39 Å². The van der Waals surface area contributed by atoms with E-state index >= 15 is 0 Å². The lowest BCUT2D eigenvalue weighted by molar-refractivity contribution is 0.626. The molecule has 0 saturated heterocycles. The highest BCUT2D eigenvalue weighted by Crippen LogP contribution is 2.18. The summed E-state index contributed by atoms with van der Waals surface area (Å²) in [6, 6.07) is 1.64. The van der Waals surface area contributed by atoms with Crippen LogP contribution in [0.3, 0.4) is 0 Å². The van der Waals surface area contributed by atoms with Crippen LogP contribution in [0.25, 0.3) is 5.52 Å². The van der Waals surface area contributed by atoms with Gasteiger partial charge in [0, 0.05) is 6.20 Å². The van der Waals surface area contributed by atoms with Crippen molar-refractivity contribution < 1.29 is 4.39 Å². The predicted molar refractivity (Wildman–Crippen MR) is 42.9 cm³/mol. The van der Waals surface area contributed by atoms with Crippen molar-refractivity contribution in [2.24, 2.45) is 0 Å². The molecular formula is C7H4BrFN2. The first-order valence-corrected chi connectivity index (χ1v) is 3.84. The first-order valence-electron chi connectivity index (χ1n) is 3.05. The minimum absolute atomic E-state index is 0.273. The number of pyridine rings is 1. The van der Waals surface area contributed by atoms with Crippen LogP contribution in [0.2, 0.25) is 0 Å². The summed E-state index contributed by atoms with van der Waals surface area (Å²) < 4.78 is 15.2. The summed E-state index contributed by atoms with van der Waals surface area (Å²) in [5.74, 6) is -0.273. The number of halogens is 2. The van der Waals surface area contributed by atoms with E-state index in [1.807, 2.05) is 0 Å². The summed E-state index contributed by atoms with van der Waals surface area (Å²) >= 11 is 3.08. The van der Waals surface area contributed by atoms with Gasteiger partial charge in [-0.05, 0) is 22.0 Å². The lowest BCUT2D eigenvalue weighted by Crippen LogP contribution is -1.85. The molecule has 0 aliphatic carbocycles. The van der Waals surface area contributed by atoms with Gasteiger partial charge < -0.3 is 4.40 Å². The summed E-state index contributed by atoms with van der Waals surface area (Å²) in [5.41, 5.74) is 0.486. The number of imidazole rings is 1. The summed E-state index contributed by atoms with van der Waals surface area (Å²) in [6.45, 7) is 0. The van der Waals surface area contributed by atoms with Gasteiger partial charge in [-0.15, -0.1) is 0 Å². The Labute approximate surface area is 70.8 Å². The molecule has 2 aromatic heterocycles. The second-order valence-corrected chi connectivity index (χ2v) is 3.02. The number of fused-ring (bicyclic) bond motifs is 1. The molecule has 0 aromatic carbocycles. The molecule has 2 aromatic rings. The highest BCUT2D eigenvalue weighted by atomic mass is 79.9. The van der Waals surface area contributed by atoms with Gasteiger partial charge >= 0.3 is 0 Å². The zero-order valence-electron chi connectivity index (χ0n) is 5.46. The Morgan fingerprint density at radius 3 is 3.18 bits per heavy atom. The molecule has 4 heteroatoms. The van der Waals surface area contributed by atoms with Crippen molar-refractivity contribution in [2.75, 3.05) is 0 Å².